The SMILES string of the molecule is CC(C)(C)OC(=O)n1ncn(-c2cccc(C#Cc3cccnc3)c2)c1=O. The van der Waals surface area contributed by atoms with Gasteiger partial charge in [-0.3, -0.25) is 4.98 Å². The van der Waals surface area contributed by atoms with E-state index in [1.54, 1.807) is 51.4 Å². The zero-order valence-electron chi connectivity index (χ0n) is 15.2. The Balaban J connectivity index is 1.89. The van der Waals surface area contributed by atoms with Crippen molar-refractivity contribution in [3.63, 3.8) is 0 Å². The molecule has 0 saturated carbocycles. The quantitative estimate of drug-likeness (QED) is 0.622. The molecule has 0 N–H and O–H groups in total. The number of hydrogen-bond acceptors (Lipinski definition) is 5. The standard InChI is InChI=1S/C20H18N4O3/c1-20(2,3)27-19(26)24-18(25)23(14-22-24)17-8-4-6-15(12-17)9-10-16-7-5-11-21-13-16/h4-8,11-14H,1-3H3. The van der Waals surface area contributed by atoms with Crippen LogP contribution in [-0.4, -0.2) is 31.0 Å². The first-order valence-electron chi connectivity index (χ1n) is 8.26. The van der Waals surface area contributed by atoms with E-state index in [9.17, 15) is 9.59 Å². The number of benzene rings is 1. The van der Waals surface area contributed by atoms with Crippen LogP contribution < -0.4 is 5.69 Å². The zero-order chi connectivity index (χ0) is 19.4. The minimum atomic E-state index is -0.821. The van der Waals surface area contributed by atoms with E-state index >= 15 is 0 Å². The molecule has 7 nitrogen and oxygen atoms in total. The Morgan fingerprint density at radius 3 is 2.56 bits per heavy atom. The average molecular weight is 362 g/mol. The van der Waals surface area contributed by atoms with E-state index in [0.29, 0.717) is 15.9 Å². The molecule has 7 heteroatoms. The summed E-state index contributed by atoms with van der Waals surface area (Å²) < 4.78 is 7.14. The van der Waals surface area contributed by atoms with Gasteiger partial charge < -0.3 is 4.74 Å². The van der Waals surface area contributed by atoms with Crippen LogP contribution in [0.3, 0.4) is 0 Å². The third-order valence-electron chi connectivity index (χ3n) is 3.37. The van der Waals surface area contributed by atoms with Crippen molar-refractivity contribution in [2.45, 2.75) is 26.4 Å². The van der Waals surface area contributed by atoms with Crippen LogP contribution in [0, 0.1) is 11.8 Å². The summed E-state index contributed by atoms with van der Waals surface area (Å²) in [4.78, 5) is 28.6. The highest BCUT2D eigenvalue weighted by Gasteiger charge is 2.21. The van der Waals surface area contributed by atoms with Crippen molar-refractivity contribution in [3.8, 4) is 17.5 Å². The lowest BCUT2D eigenvalue weighted by Gasteiger charge is -2.18. The molecule has 0 unspecified atom stereocenters. The van der Waals surface area contributed by atoms with Crippen molar-refractivity contribution >= 4 is 6.09 Å². The molecule has 0 aliphatic carbocycles. The summed E-state index contributed by atoms with van der Waals surface area (Å²) in [5.41, 5.74) is 0.725. The summed E-state index contributed by atoms with van der Waals surface area (Å²) in [5.74, 6) is 6.04. The van der Waals surface area contributed by atoms with Gasteiger partial charge in [-0.15, -0.1) is 9.78 Å². The Morgan fingerprint density at radius 1 is 1.11 bits per heavy atom. The highest BCUT2D eigenvalue weighted by Crippen LogP contribution is 2.10. The molecule has 0 saturated heterocycles. The highest BCUT2D eigenvalue weighted by molar-refractivity contribution is 5.69. The molecule has 1 aromatic carbocycles. The number of ether oxygens (including phenoxy) is 1. The topological polar surface area (TPSA) is 79.0 Å². The van der Waals surface area contributed by atoms with Crippen LogP contribution in [-0.2, 0) is 4.74 Å². The Bertz CT molecular complexity index is 1080. The van der Waals surface area contributed by atoms with Crippen molar-refractivity contribution < 1.29 is 9.53 Å². The molecule has 0 bridgehead atoms. The van der Waals surface area contributed by atoms with Crippen molar-refractivity contribution in [1.29, 1.82) is 0 Å². The lowest BCUT2D eigenvalue weighted by Crippen LogP contribution is -2.34. The number of hydrogen-bond donors (Lipinski definition) is 0. The van der Waals surface area contributed by atoms with Crippen LogP contribution in [0.25, 0.3) is 5.69 Å². The van der Waals surface area contributed by atoms with Gasteiger partial charge in [0.05, 0.1) is 5.69 Å². The van der Waals surface area contributed by atoms with Crippen LogP contribution in [0.5, 0.6) is 0 Å². The van der Waals surface area contributed by atoms with Gasteiger partial charge in [-0.2, -0.15) is 0 Å². The predicted molar refractivity (Wildman–Crippen MR) is 99.7 cm³/mol. The third-order valence-corrected chi connectivity index (χ3v) is 3.37. The summed E-state index contributed by atoms with van der Waals surface area (Å²) in [6.07, 6.45) is 3.81. The molecular weight excluding hydrogens is 344 g/mol. The van der Waals surface area contributed by atoms with Crippen molar-refractivity contribution in [3.05, 3.63) is 76.7 Å². The minimum absolute atomic E-state index is 0.549. The molecule has 0 aliphatic heterocycles. The van der Waals surface area contributed by atoms with Gasteiger partial charge in [-0.05, 0) is 51.1 Å². The first-order valence-corrected chi connectivity index (χ1v) is 8.26. The maximum atomic E-state index is 12.5. The number of aromatic nitrogens is 4. The Hall–Kier alpha value is -3.66. The summed E-state index contributed by atoms with van der Waals surface area (Å²) in [7, 11) is 0. The maximum absolute atomic E-state index is 12.5. The summed E-state index contributed by atoms with van der Waals surface area (Å²) in [6, 6.07) is 10.8. The second-order valence-corrected chi connectivity index (χ2v) is 6.72. The largest absolute Gasteiger partial charge is 0.442 e. The number of nitrogens with zero attached hydrogens (tertiary/aromatic N) is 4. The molecule has 2 heterocycles. The highest BCUT2D eigenvalue weighted by atomic mass is 16.6. The molecule has 0 atom stereocenters. The van der Waals surface area contributed by atoms with Crippen LogP contribution in [0.4, 0.5) is 4.79 Å². The fraction of sp³-hybridized carbons (Fsp3) is 0.200. The smallest absolute Gasteiger partial charge is 0.439 e. The molecule has 27 heavy (non-hydrogen) atoms. The lowest BCUT2D eigenvalue weighted by atomic mass is 10.2. The number of pyridine rings is 1. The van der Waals surface area contributed by atoms with Crippen LogP contribution in [0.15, 0.2) is 59.9 Å². The maximum Gasteiger partial charge on any atom is 0.439 e. The molecular formula is C20H18N4O3. The van der Waals surface area contributed by atoms with Gasteiger partial charge in [-0.1, -0.05) is 17.9 Å². The number of carbonyl (C=O) groups is 1. The van der Waals surface area contributed by atoms with Crippen LogP contribution in [0.1, 0.15) is 31.9 Å². The van der Waals surface area contributed by atoms with Crippen molar-refractivity contribution in [2.24, 2.45) is 0 Å². The van der Waals surface area contributed by atoms with Gasteiger partial charge in [0.15, 0.2) is 0 Å². The van der Waals surface area contributed by atoms with Gasteiger partial charge >= 0.3 is 11.8 Å². The fourth-order valence-electron chi connectivity index (χ4n) is 2.23. The molecule has 3 rings (SSSR count). The number of rotatable bonds is 1. The molecule has 0 amide bonds. The molecule has 0 fully saturated rings. The van der Waals surface area contributed by atoms with Crippen molar-refractivity contribution in [2.75, 3.05) is 0 Å². The molecule has 2 aromatic heterocycles. The normalized spacial score (nSPS) is 10.8. The average Bonchev–Trinajstić information content (AvgIpc) is 3.01. The number of carbonyl (C=O) groups excluding carboxylic acids is 1. The predicted octanol–water partition coefficient (Wildman–Crippen LogP) is 2.61. The monoisotopic (exact) mass is 362 g/mol. The van der Waals surface area contributed by atoms with Crippen LogP contribution in [0.2, 0.25) is 0 Å². The van der Waals surface area contributed by atoms with Gasteiger partial charge in [0.2, 0.25) is 0 Å². The third kappa shape index (κ3) is 4.50. The first kappa shape index (κ1) is 18.1. The van der Waals surface area contributed by atoms with Gasteiger partial charge in [0.1, 0.15) is 11.9 Å². The van der Waals surface area contributed by atoms with Gasteiger partial charge in [0.25, 0.3) is 0 Å². The van der Waals surface area contributed by atoms with E-state index in [4.69, 9.17) is 4.74 Å². The second kappa shape index (κ2) is 7.30. The first-order chi connectivity index (χ1) is 12.8. The van der Waals surface area contributed by atoms with E-state index < -0.39 is 17.4 Å². The second-order valence-electron chi connectivity index (χ2n) is 6.72. The van der Waals surface area contributed by atoms with Crippen LogP contribution >= 0.6 is 0 Å². The van der Waals surface area contributed by atoms with Gasteiger partial charge in [-0.25, -0.2) is 14.2 Å². The molecule has 3 aromatic rings. The van der Waals surface area contributed by atoms with E-state index in [1.807, 2.05) is 18.2 Å². The summed E-state index contributed by atoms with van der Waals surface area (Å²) in [6.45, 7) is 5.16. The minimum Gasteiger partial charge on any atom is -0.442 e. The Morgan fingerprint density at radius 2 is 1.85 bits per heavy atom. The van der Waals surface area contributed by atoms with Crippen molar-refractivity contribution in [1.82, 2.24) is 19.3 Å². The van der Waals surface area contributed by atoms with E-state index in [0.717, 1.165) is 5.56 Å². The molecule has 0 radical (unpaired) electrons. The Kier molecular flexibility index (Phi) is 4.90. The van der Waals surface area contributed by atoms with E-state index in [-0.39, 0.29) is 0 Å². The molecule has 136 valence electrons. The fourth-order valence-corrected chi connectivity index (χ4v) is 2.23. The van der Waals surface area contributed by atoms with E-state index in [2.05, 4.69) is 21.9 Å². The summed E-state index contributed by atoms with van der Waals surface area (Å²) in [5, 5.41) is 3.85. The lowest BCUT2D eigenvalue weighted by molar-refractivity contribution is 0.0507. The van der Waals surface area contributed by atoms with Gasteiger partial charge in [0, 0.05) is 23.5 Å². The van der Waals surface area contributed by atoms with E-state index in [1.165, 1.54) is 10.9 Å². The molecule has 0 spiro atoms. The molecule has 0 aliphatic rings. The summed E-state index contributed by atoms with van der Waals surface area (Å²) >= 11 is 0. The zero-order valence-corrected chi connectivity index (χ0v) is 15.2. The Labute approximate surface area is 156 Å².